The summed E-state index contributed by atoms with van der Waals surface area (Å²) in [5.41, 5.74) is 6.95. The number of nitrogens with two attached hydrogens (primary N) is 1. The molecule has 0 saturated carbocycles. The average molecular weight is 264 g/mol. The predicted octanol–water partition coefficient (Wildman–Crippen LogP) is 1.94. The standard InChI is InChI=1S/C13H20N4O2/c1-13(2,14)10-5-7-16(8-6-10)11-3-4-12(15-9-11)17(18)19/h3-4,9-10H,5-8,14H2,1-2H3. The summed E-state index contributed by atoms with van der Waals surface area (Å²) in [5.74, 6) is 0.413. The predicted molar refractivity (Wildman–Crippen MR) is 74.1 cm³/mol. The lowest BCUT2D eigenvalue weighted by Crippen LogP contribution is -2.47. The van der Waals surface area contributed by atoms with Crippen LogP contribution in [0.1, 0.15) is 26.7 Å². The average Bonchev–Trinajstić information content (AvgIpc) is 2.38. The quantitative estimate of drug-likeness (QED) is 0.666. The van der Waals surface area contributed by atoms with Crippen molar-refractivity contribution in [2.45, 2.75) is 32.2 Å². The number of rotatable bonds is 3. The van der Waals surface area contributed by atoms with Crippen molar-refractivity contribution in [3.05, 3.63) is 28.4 Å². The summed E-state index contributed by atoms with van der Waals surface area (Å²) in [7, 11) is 0. The summed E-state index contributed by atoms with van der Waals surface area (Å²) in [6.07, 6.45) is 3.66. The highest BCUT2D eigenvalue weighted by Crippen LogP contribution is 2.29. The van der Waals surface area contributed by atoms with Gasteiger partial charge in [-0.2, -0.15) is 0 Å². The molecule has 0 unspecified atom stereocenters. The third kappa shape index (κ3) is 3.20. The van der Waals surface area contributed by atoms with E-state index >= 15 is 0 Å². The minimum Gasteiger partial charge on any atom is -0.368 e. The lowest BCUT2D eigenvalue weighted by Gasteiger charge is -2.39. The molecule has 2 rings (SSSR count). The first-order valence-corrected chi connectivity index (χ1v) is 6.52. The Morgan fingerprint density at radius 1 is 1.42 bits per heavy atom. The molecule has 0 atom stereocenters. The number of piperidine rings is 1. The molecule has 1 saturated heterocycles. The molecule has 6 nitrogen and oxygen atoms in total. The lowest BCUT2D eigenvalue weighted by atomic mass is 9.81. The van der Waals surface area contributed by atoms with Crippen LogP contribution in [-0.2, 0) is 0 Å². The molecule has 104 valence electrons. The van der Waals surface area contributed by atoms with Crippen molar-refractivity contribution < 1.29 is 4.92 Å². The van der Waals surface area contributed by atoms with Crippen molar-refractivity contribution in [1.29, 1.82) is 0 Å². The lowest BCUT2D eigenvalue weighted by molar-refractivity contribution is -0.389. The van der Waals surface area contributed by atoms with Crippen LogP contribution in [0.15, 0.2) is 18.3 Å². The van der Waals surface area contributed by atoms with Crippen LogP contribution < -0.4 is 10.6 Å². The Morgan fingerprint density at radius 3 is 2.47 bits per heavy atom. The first-order valence-electron chi connectivity index (χ1n) is 6.52. The third-order valence-corrected chi connectivity index (χ3v) is 3.83. The molecular formula is C13H20N4O2. The summed E-state index contributed by atoms with van der Waals surface area (Å²) in [6, 6.07) is 3.22. The maximum absolute atomic E-state index is 10.6. The van der Waals surface area contributed by atoms with Gasteiger partial charge in [0.1, 0.15) is 0 Å². The zero-order valence-electron chi connectivity index (χ0n) is 11.4. The van der Waals surface area contributed by atoms with E-state index in [0.29, 0.717) is 5.92 Å². The van der Waals surface area contributed by atoms with E-state index in [2.05, 4.69) is 23.7 Å². The Labute approximate surface area is 112 Å². The Bertz CT molecular complexity index is 445. The van der Waals surface area contributed by atoms with Crippen LogP contribution in [0, 0.1) is 16.0 Å². The molecule has 0 radical (unpaired) electrons. The maximum atomic E-state index is 10.6. The zero-order chi connectivity index (χ0) is 14.0. The van der Waals surface area contributed by atoms with E-state index in [0.717, 1.165) is 31.6 Å². The van der Waals surface area contributed by atoms with Crippen molar-refractivity contribution in [3.63, 3.8) is 0 Å². The van der Waals surface area contributed by atoms with Crippen molar-refractivity contribution in [1.82, 2.24) is 4.98 Å². The SMILES string of the molecule is CC(C)(N)C1CCN(c2ccc([N+](=O)[O-])nc2)CC1. The van der Waals surface area contributed by atoms with Gasteiger partial charge in [0.05, 0.1) is 5.69 Å². The van der Waals surface area contributed by atoms with Crippen LogP contribution >= 0.6 is 0 Å². The Hall–Kier alpha value is -1.69. The van der Waals surface area contributed by atoms with Crippen molar-refractivity contribution in [2.75, 3.05) is 18.0 Å². The fourth-order valence-corrected chi connectivity index (χ4v) is 2.56. The van der Waals surface area contributed by atoms with Crippen LogP contribution in [0.2, 0.25) is 0 Å². The summed E-state index contributed by atoms with van der Waals surface area (Å²) in [5, 5.41) is 10.6. The van der Waals surface area contributed by atoms with Gasteiger partial charge in [-0.3, -0.25) is 0 Å². The molecule has 1 aromatic rings. The summed E-state index contributed by atoms with van der Waals surface area (Å²) >= 11 is 0. The third-order valence-electron chi connectivity index (χ3n) is 3.83. The van der Waals surface area contributed by atoms with Gasteiger partial charge < -0.3 is 20.7 Å². The summed E-state index contributed by atoms with van der Waals surface area (Å²) in [6.45, 7) is 5.98. The minimum atomic E-state index is -0.479. The molecule has 19 heavy (non-hydrogen) atoms. The highest BCUT2D eigenvalue weighted by Gasteiger charge is 2.29. The van der Waals surface area contributed by atoms with E-state index in [1.165, 1.54) is 6.07 Å². The van der Waals surface area contributed by atoms with Gasteiger partial charge in [0.2, 0.25) is 0 Å². The topological polar surface area (TPSA) is 85.3 Å². The number of hydrogen-bond acceptors (Lipinski definition) is 5. The van der Waals surface area contributed by atoms with Gasteiger partial charge in [0.15, 0.2) is 6.20 Å². The highest BCUT2D eigenvalue weighted by atomic mass is 16.6. The zero-order valence-corrected chi connectivity index (χ0v) is 11.4. The molecular weight excluding hydrogens is 244 g/mol. The van der Waals surface area contributed by atoms with Gasteiger partial charge in [0.25, 0.3) is 0 Å². The monoisotopic (exact) mass is 264 g/mol. The number of hydrogen-bond donors (Lipinski definition) is 1. The first kappa shape index (κ1) is 13.7. The number of nitrogens with zero attached hydrogens (tertiary/aromatic N) is 3. The Morgan fingerprint density at radius 2 is 2.05 bits per heavy atom. The molecule has 0 aromatic carbocycles. The van der Waals surface area contributed by atoms with Crippen LogP contribution in [0.3, 0.4) is 0 Å². The molecule has 1 aliphatic heterocycles. The second-order valence-electron chi connectivity index (χ2n) is 5.71. The van der Waals surface area contributed by atoms with Crippen molar-refractivity contribution in [3.8, 4) is 0 Å². The molecule has 2 heterocycles. The van der Waals surface area contributed by atoms with Crippen LogP contribution in [0.25, 0.3) is 0 Å². The molecule has 6 heteroatoms. The Balaban J connectivity index is 2.00. The van der Waals surface area contributed by atoms with Crippen LogP contribution in [-0.4, -0.2) is 28.5 Å². The fourth-order valence-electron chi connectivity index (χ4n) is 2.56. The summed E-state index contributed by atoms with van der Waals surface area (Å²) < 4.78 is 0. The highest BCUT2D eigenvalue weighted by molar-refractivity contribution is 5.46. The molecule has 0 aliphatic carbocycles. The van der Waals surface area contributed by atoms with E-state index < -0.39 is 4.92 Å². The van der Waals surface area contributed by atoms with Crippen LogP contribution in [0.5, 0.6) is 0 Å². The number of nitro groups is 1. The Kier molecular flexibility index (Phi) is 3.71. The number of anilines is 1. The van der Waals surface area contributed by atoms with Crippen molar-refractivity contribution in [2.24, 2.45) is 11.7 Å². The van der Waals surface area contributed by atoms with Crippen molar-refractivity contribution >= 4 is 11.5 Å². The van der Waals surface area contributed by atoms with Crippen LogP contribution in [0.4, 0.5) is 11.5 Å². The van der Waals surface area contributed by atoms with Gasteiger partial charge in [0, 0.05) is 24.7 Å². The van der Waals surface area contributed by atoms with Gasteiger partial charge in [-0.25, -0.2) is 0 Å². The molecule has 2 N–H and O–H groups in total. The molecule has 1 aromatic heterocycles. The van der Waals surface area contributed by atoms with E-state index in [-0.39, 0.29) is 11.4 Å². The van der Waals surface area contributed by atoms with Gasteiger partial charge in [-0.15, -0.1) is 0 Å². The molecule has 0 amide bonds. The fraction of sp³-hybridized carbons (Fsp3) is 0.615. The van der Waals surface area contributed by atoms with E-state index in [1.54, 1.807) is 12.3 Å². The normalized spacial score (nSPS) is 17.5. The number of aromatic nitrogens is 1. The molecule has 0 spiro atoms. The smallest absolute Gasteiger partial charge is 0.363 e. The van der Waals surface area contributed by atoms with Gasteiger partial charge >= 0.3 is 5.82 Å². The first-order chi connectivity index (χ1) is 8.88. The molecule has 1 aliphatic rings. The molecule has 0 bridgehead atoms. The van der Waals surface area contributed by atoms with Gasteiger partial charge in [-0.1, -0.05) is 0 Å². The van der Waals surface area contributed by atoms with Gasteiger partial charge in [-0.05, 0) is 48.6 Å². The minimum absolute atomic E-state index is 0.110. The van der Waals surface area contributed by atoms with E-state index in [4.69, 9.17) is 5.73 Å². The molecule has 1 fully saturated rings. The second kappa shape index (κ2) is 5.13. The summed E-state index contributed by atoms with van der Waals surface area (Å²) in [4.78, 5) is 16.1. The van der Waals surface area contributed by atoms with E-state index in [9.17, 15) is 10.1 Å². The number of pyridine rings is 1. The second-order valence-corrected chi connectivity index (χ2v) is 5.71. The van der Waals surface area contributed by atoms with E-state index in [1.807, 2.05) is 0 Å². The maximum Gasteiger partial charge on any atom is 0.363 e. The largest absolute Gasteiger partial charge is 0.368 e.